The van der Waals surface area contributed by atoms with Gasteiger partial charge in [-0.3, -0.25) is 9.59 Å². The first-order valence-corrected chi connectivity index (χ1v) is 9.19. The molecule has 2 aromatic rings. The molecule has 0 unspecified atom stereocenters. The van der Waals surface area contributed by atoms with Gasteiger partial charge in [-0.15, -0.1) is 0 Å². The summed E-state index contributed by atoms with van der Waals surface area (Å²) in [5.41, 5.74) is 2.89. The first-order chi connectivity index (χ1) is 13.1. The molecule has 6 heteroatoms. The van der Waals surface area contributed by atoms with Gasteiger partial charge in [0, 0.05) is 43.9 Å². The number of anilines is 2. The minimum absolute atomic E-state index is 0.0312. The molecule has 0 radical (unpaired) electrons. The summed E-state index contributed by atoms with van der Waals surface area (Å²) in [6.45, 7) is 3.54. The third-order valence-electron chi connectivity index (χ3n) is 4.96. The lowest BCUT2D eigenvalue weighted by Gasteiger charge is -2.25. The lowest BCUT2D eigenvalue weighted by atomic mass is 10.2. The van der Waals surface area contributed by atoms with Crippen LogP contribution in [0, 0.1) is 0 Å². The van der Waals surface area contributed by atoms with Crippen molar-refractivity contribution in [3.8, 4) is 11.5 Å². The molecule has 0 bridgehead atoms. The van der Waals surface area contributed by atoms with Gasteiger partial charge in [0.15, 0.2) is 11.5 Å². The number of rotatable bonds is 4. The second-order valence-corrected chi connectivity index (χ2v) is 6.67. The number of hydrogen-bond acceptors (Lipinski definition) is 4. The molecular weight excluding hydrogens is 344 g/mol. The van der Waals surface area contributed by atoms with Gasteiger partial charge in [-0.2, -0.15) is 0 Å². The second-order valence-electron chi connectivity index (χ2n) is 6.67. The topological polar surface area (TPSA) is 59.1 Å². The van der Waals surface area contributed by atoms with Gasteiger partial charge in [0.2, 0.25) is 11.8 Å². The van der Waals surface area contributed by atoms with Crippen molar-refractivity contribution in [3.05, 3.63) is 48.0 Å². The summed E-state index contributed by atoms with van der Waals surface area (Å²) in [6, 6.07) is 13.4. The van der Waals surface area contributed by atoms with Gasteiger partial charge < -0.3 is 19.3 Å². The van der Waals surface area contributed by atoms with E-state index in [0.29, 0.717) is 43.5 Å². The molecule has 4 rings (SSSR count). The van der Waals surface area contributed by atoms with Crippen LogP contribution in [0.25, 0.3) is 0 Å². The van der Waals surface area contributed by atoms with Crippen molar-refractivity contribution in [3.63, 3.8) is 0 Å². The van der Waals surface area contributed by atoms with Crippen molar-refractivity contribution in [1.29, 1.82) is 0 Å². The summed E-state index contributed by atoms with van der Waals surface area (Å²) in [6.07, 6.45) is 1.14. The molecule has 2 amide bonds. The Bertz CT molecular complexity index is 880. The third kappa shape index (κ3) is 3.47. The summed E-state index contributed by atoms with van der Waals surface area (Å²) < 4.78 is 11.1. The molecule has 2 heterocycles. The Labute approximate surface area is 158 Å². The van der Waals surface area contributed by atoms with Crippen LogP contribution >= 0.6 is 0 Å². The van der Waals surface area contributed by atoms with Crippen molar-refractivity contribution >= 4 is 23.2 Å². The van der Waals surface area contributed by atoms with E-state index in [2.05, 4.69) is 6.07 Å². The highest BCUT2D eigenvalue weighted by atomic mass is 16.6. The first kappa shape index (κ1) is 17.4. The molecule has 0 atom stereocenters. The van der Waals surface area contributed by atoms with Gasteiger partial charge in [-0.05, 0) is 30.2 Å². The molecule has 2 aliphatic heterocycles. The quantitative estimate of drug-likeness (QED) is 0.835. The van der Waals surface area contributed by atoms with Gasteiger partial charge in [-0.25, -0.2) is 0 Å². The SMILES string of the molecule is CC(=O)N(CCC(=O)N1CCc2ccccc21)c1ccc2c(c1)OCCO2. The van der Waals surface area contributed by atoms with E-state index in [0.717, 1.165) is 12.1 Å². The third-order valence-corrected chi connectivity index (χ3v) is 4.96. The average molecular weight is 366 g/mol. The Morgan fingerprint density at radius 1 is 1.07 bits per heavy atom. The first-order valence-electron chi connectivity index (χ1n) is 9.19. The van der Waals surface area contributed by atoms with E-state index in [1.807, 2.05) is 29.2 Å². The van der Waals surface area contributed by atoms with Crippen LogP contribution in [0.2, 0.25) is 0 Å². The highest BCUT2D eigenvalue weighted by Crippen LogP contribution is 2.34. The summed E-state index contributed by atoms with van der Waals surface area (Å²) in [5, 5.41) is 0. The fraction of sp³-hybridized carbons (Fsp3) is 0.333. The van der Waals surface area contributed by atoms with Crippen LogP contribution in [-0.4, -0.2) is 38.1 Å². The molecule has 6 nitrogen and oxygen atoms in total. The zero-order chi connectivity index (χ0) is 18.8. The van der Waals surface area contributed by atoms with Crippen LogP contribution < -0.4 is 19.3 Å². The number of nitrogens with zero attached hydrogens (tertiary/aromatic N) is 2. The van der Waals surface area contributed by atoms with Crippen LogP contribution in [0.4, 0.5) is 11.4 Å². The number of para-hydroxylation sites is 1. The minimum atomic E-state index is -0.110. The monoisotopic (exact) mass is 366 g/mol. The number of ether oxygens (including phenoxy) is 2. The zero-order valence-electron chi connectivity index (χ0n) is 15.3. The van der Waals surface area contributed by atoms with Gasteiger partial charge in [0.25, 0.3) is 0 Å². The van der Waals surface area contributed by atoms with E-state index in [9.17, 15) is 9.59 Å². The lowest BCUT2D eigenvalue weighted by Crippen LogP contribution is -2.35. The number of carbonyl (C=O) groups is 2. The number of fused-ring (bicyclic) bond motifs is 2. The van der Waals surface area contributed by atoms with Crippen molar-refractivity contribution in [2.45, 2.75) is 19.8 Å². The lowest BCUT2D eigenvalue weighted by molar-refractivity contribution is -0.118. The molecule has 0 aliphatic carbocycles. The Morgan fingerprint density at radius 2 is 1.85 bits per heavy atom. The molecule has 0 N–H and O–H groups in total. The van der Waals surface area contributed by atoms with E-state index in [4.69, 9.17) is 9.47 Å². The molecule has 0 spiro atoms. The summed E-state index contributed by atoms with van der Waals surface area (Å²) >= 11 is 0. The maximum Gasteiger partial charge on any atom is 0.228 e. The number of amides is 2. The Hall–Kier alpha value is -3.02. The number of hydrogen-bond donors (Lipinski definition) is 0. The van der Waals surface area contributed by atoms with E-state index in [1.54, 1.807) is 17.0 Å². The average Bonchev–Trinajstić information content (AvgIpc) is 3.12. The highest BCUT2D eigenvalue weighted by molar-refractivity contribution is 5.97. The zero-order valence-corrected chi connectivity index (χ0v) is 15.3. The van der Waals surface area contributed by atoms with Crippen LogP contribution in [0.1, 0.15) is 18.9 Å². The fourth-order valence-electron chi connectivity index (χ4n) is 3.61. The van der Waals surface area contributed by atoms with Crippen LogP contribution in [0.5, 0.6) is 11.5 Å². The number of benzene rings is 2. The van der Waals surface area contributed by atoms with Gasteiger partial charge in [-0.1, -0.05) is 18.2 Å². The Balaban J connectivity index is 1.47. The molecule has 2 aliphatic rings. The van der Waals surface area contributed by atoms with Crippen LogP contribution in [-0.2, 0) is 16.0 Å². The van der Waals surface area contributed by atoms with Crippen LogP contribution in [0.15, 0.2) is 42.5 Å². The van der Waals surface area contributed by atoms with Crippen molar-refractivity contribution in [2.75, 3.05) is 36.1 Å². The highest BCUT2D eigenvalue weighted by Gasteiger charge is 2.25. The second kappa shape index (κ2) is 7.31. The molecular formula is C21H22N2O4. The summed E-state index contributed by atoms with van der Waals surface area (Å²) in [7, 11) is 0. The van der Waals surface area contributed by atoms with Crippen LogP contribution in [0.3, 0.4) is 0 Å². The predicted octanol–water partition coefficient (Wildman–Crippen LogP) is 2.79. The van der Waals surface area contributed by atoms with E-state index >= 15 is 0 Å². The summed E-state index contributed by atoms with van der Waals surface area (Å²) in [5.74, 6) is 1.23. The molecule has 0 saturated carbocycles. The van der Waals surface area contributed by atoms with Gasteiger partial charge in [0.05, 0.1) is 0 Å². The van der Waals surface area contributed by atoms with E-state index < -0.39 is 0 Å². The largest absolute Gasteiger partial charge is 0.486 e. The molecule has 140 valence electrons. The van der Waals surface area contributed by atoms with Gasteiger partial charge >= 0.3 is 0 Å². The van der Waals surface area contributed by atoms with Gasteiger partial charge in [0.1, 0.15) is 13.2 Å². The van der Waals surface area contributed by atoms with Crippen molar-refractivity contribution < 1.29 is 19.1 Å². The van der Waals surface area contributed by atoms with Crippen molar-refractivity contribution in [2.24, 2.45) is 0 Å². The predicted molar refractivity (Wildman–Crippen MR) is 103 cm³/mol. The Morgan fingerprint density at radius 3 is 2.67 bits per heavy atom. The smallest absolute Gasteiger partial charge is 0.228 e. The molecule has 2 aromatic carbocycles. The molecule has 27 heavy (non-hydrogen) atoms. The number of carbonyl (C=O) groups excluding carboxylic acids is 2. The maximum absolute atomic E-state index is 12.7. The molecule has 0 fully saturated rings. The maximum atomic E-state index is 12.7. The van der Waals surface area contributed by atoms with E-state index in [-0.39, 0.29) is 18.2 Å². The molecule has 0 saturated heterocycles. The summed E-state index contributed by atoms with van der Waals surface area (Å²) in [4.78, 5) is 28.3. The van der Waals surface area contributed by atoms with E-state index in [1.165, 1.54) is 12.5 Å². The Kier molecular flexibility index (Phi) is 4.71. The van der Waals surface area contributed by atoms with Crippen molar-refractivity contribution in [1.82, 2.24) is 0 Å². The minimum Gasteiger partial charge on any atom is -0.486 e. The molecule has 0 aromatic heterocycles. The standard InChI is InChI=1S/C21H22N2O4/c1-15(24)22(17-6-7-19-20(14-17)27-13-12-26-19)11-9-21(25)23-10-8-16-4-2-3-5-18(16)23/h2-7,14H,8-13H2,1H3. The fourth-order valence-corrected chi connectivity index (χ4v) is 3.61. The normalized spacial score (nSPS) is 14.6.